The number of hydrogen-bond donors (Lipinski definition) is 3. The van der Waals surface area contributed by atoms with Gasteiger partial charge in [0.15, 0.2) is 0 Å². The smallest absolute Gasteiger partial charge is 0.457 e. The molecule has 0 amide bonds. The van der Waals surface area contributed by atoms with Crippen LogP contribution in [0.5, 0.6) is 0 Å². The second-order valence-electron chi connectivity index (χ2n) is 13.3. The van der Waals surface area contributed by atoms with Gasteiger partial charge in [-0.2, -0.15) is 0 Å². The third kappa shape index (κ3) is 37.9. The van der Waals surface area contributed by atoms with Crippen LogP contribution in [0.3, 0.4) is 0 Å². The highest BCUT2D eigenvalue weighted by Crippen LogP contribution is 2.43. The number of ether oxygens (including phenoxy) is 2. The maximum atomic E-state index is 12.6. The number of hydrogen-bond acceptors (Lipinski definition) is 8. The van der Waals surface area contributed by atoms with Crippen molar-refractivity contribution in [2.45, 2.75) is 167 Å². The predicted molar refractivity (Wildman–Crippen MR) is 214 cm³/mol. The van der Waals surface area contributed by atoms with Crippen molar-refractivity contribution in [3.05, 3.63) is 60.8 Å². The second kappa shape index (κ2) is 38.9. The topological polar surface area (TPSA) is 132 Å². The molecule has 0 aromatic rings. The normalized spacial score (nSPS) is 14.8. The van der Waals surface area contributed by atoms with Gasteiger partial charge in [-0.1, -0.05) is 132 Å². The number of rotatable bonds is 38. The van der Waals surface area contributed by atoms with Gasteiger partial charge in [0.25, 0.3) is 0 Å². The Labute approximate surface area is 317 Å². The Bertz CT molecular complexity index is 992. The Morgan fingerprint density at radius 1 is 0.615 bits per heavy atom. The molecule has 0 aliphatic heterocycles. The molecule has 3 N–H and O–H groups in total. The largest absolute Gasteiger partial charge is 0.472 e. The molecule has 0 aromatic heterocycles. The Hall–Kier alpha value is -1.84. The van der Waals surface area contributed by atoms with E-state index in [2.05, 4.69) is 74.6 Å². The molecule has 10 heteroatoms. The summed E-state index contributed by atoms with van der Waals surface area (Å²) in [6, 6.07) is 0. The summed E-state index contributed by atoms with van der Waals surface area (Å²) in [5, 5.41) is 18.3. The molecule has 0 rings (SSSR count). The van der Waals surface area contributed by atoms with E-state index in [1.807, 2.05) is 0 Å². The van der Waals surface area contributed by atoms with E-state index >= 15 is 0 Å². The van der Waals surface area contributed by atoms with Crippen LogP contribution in [0.25, 0.3) is 0 Å². The molecule has 0 fully saturated rings. The number of unbranched alkanes of at least 4 members (excludes halogenated alkanes) is 14. The van der Waals surface area contributed by atoms with Gasteiger partial charge in [0.05, 0.1) is 26.4 Å². The molecule has 0 aliphatic carbocycles. The van der Waals surface area contributed by atoms with Gasteiger partial charge in [-0.15, -0.1) is 0 Å². The summed E-state index contributed by atoms with van der Waals surface area (Å²) < 4.78 is 33.3. The minimum Gasteiger partial charge on any atom is -0.457 e. The van der Waals surface area contributed by atoms with Crippen molar-refractivity contribution in [3.8, 4) is 0 Å². The van der Waals surface area contributed by atoms with Gasteiger partial charge in [0.2, 0.25) is 0 Å². The molecule has 302 valence electrons. The number of carbonyl (C=O) groups excluding carboxylic acids is 1. The average Bonchev–Trinajstić information content (AvgIpc) is 3.13. The molecule has 0 saturated heterocycles. The predicted octanol–water partition coefficient (Wildman–Crippen LogP) is 10.8. The fraction of sp³-hybridized carbons (Fsp3) is 0.738. The summed E-state index contributed by atoms with van der Waals surface area (Å²) in [4.78, 5) is 22.5. The Balaban J connectivity index is 4.24. The number of esters is 1. The third-order valence-electron chi connectivity index (χ3n) is 8.19. The first-order valence-electron chi connectivity index (χ1n) is 20.3. The first kappa shape index (κ1) is 50.2. The van der Waals surface area contributed by atoms with Crippen LogP contribution in [0.1, 0.15) is 155 Å². The molecule has 3 atom stereocenters. The zero-order chi connectivity index (χ0) is 38.2. The molecular formula is C42H75O9P. The molecule has 52 heavy (non-hydrogen) atoms. The summed E-state index contributed by atoms with van der Waals surface area (Å²) in [6.45, 7) is 3.30. The highest BCUT2D eigenvalue weighted by Gasteiger charge is 2.26. The van der Waals surface area contributed by atoms with Crippen LogP contribution < -0.4 is 0 Å². The van der Waals surface area contributed by atoms with Crippen molar-refractivity contribution in [1.29, 1.82) is 0 Å². The fourth-order valence-electron chi connectivity index (χ4n) is 5.10. The summed E-state index contributed by atoms with van der Waals surface area (Å²) in [7, 11) is -4.53. The van der Waals surface area contributed by atoms with E-state index in [9.17, 15) is 19.4 Å². The molecule has 0 spiro atoms. The molecule has 0 aromatic carbocycles. The number of carbonyl (C=O) groups is 1. The average molecular weight is 755 g/mol. The minimum absolute atomic E-state index is 0.0306. The monoisotopic (exact) mass is 755 g/mol. The van der Waals surface area contributed by atoms with Crippen molar-refractivity contribution >= 4 is 13.8 Å². The summed E-state index contributed by atoms with van der Waals surface area (Å²) in [5.41, 5.74) is 0. The summed E-state index contributed by atoms with van der Waals surface area (Å²) >= 11 is 0. The van der Waals surface area contributed by atoms with Crippen molar-refractivity contribution in [1.82, 2.24) is 0 Å². The van der Waals surface area contributed by atoms with E-state index in [0.29, 0.717) is 13.0 Å². The van der Waals surface area contributed by atoms with Crippen LogP contribution >= 0.6 is 7.82 Å². The van der Waals surface area contributed by atoms with Crippen molar-refractivity contribution in [3.63, 3.8) is 0 Å². The first-order chi connectivity index (χ1) is 25.3. The van der Waals surface area contributed by atoms with E-state index in [4.69, 9.17) is 23.6 Å². The molecule has 3 unspecified atom stereocenters. The van der Waals surface area contributed by atoms with E-state index in [1.54, 1.807) is 0 Å². The number of allylic oxidation sites excluding steroid dienone is 10. The van der Waals surface area contributed by atoms with Gasteiger partial charge in [0, 0.05) is 13.0 Å². The van der Waals surface area contributed by atoms with Gasteiger partial charge in [-0.25, -0.2) is 4.57 Å². The molecule has 9 nitrogen and oxygen atoms in total. The van der Waals surface area contributed by atoms with Crippen LogP contribution in [0.2, 0.25) is 0 Å². The van der Waals surface area contributed by atoms with Crippen LogP contribution in [-0.2, 0) is 27.9 Å². The number of phosphoric ester groups is 1. The maximum Gasteiger partial charge on any atom is 0.472 e. The molecular weight excluding hydrogens is 679 g/mol. The summed E-state index contributed by atoms with van der Waals surface area (Å²) in [5.74, 6) is -0.416. The van der Waals surface area contributed by atoms with Crippen LogP contribution in [0.15, 0.2) is 60.8 Å². The van der Waals surface area contributed by atoms with Crippen LogP contribution in [-0.4, -0.2) is 66.3 Å². The van der Waals surface area contributed by atoms with Crippen molar-refractivity contribution < 1.29 is 43.0 Å². The van der Waals surface area contributed by atoms with Gasteiger partial charge in [0.1, 0.15) is 12.2 Å². The van der Waals surface area contributed by atoms with E-state index in [-0.39, 0.29) is 13.0 Å². The zero-order valence-corrected chi connectivity index (χ0v) is 33.7. The molecule has 0 heterocycles. The quantitative estimate of drug-likeness (QED) is 0.0244. The van der Waals surface area contributed by atoms with Gasteiger partial charge in [-0.05, 0) is 77.0 Å². The number of aliphatic hydroxyl groups is 2. The number of phosphoric acid groups is 1. The first-order valence-corrected chi connectivity index (χ1v) is 21.8. The lowest BCUT2D eigenvalue weighted by Gasteiger charge is -2.20. The van der Waals surface area contributed by atoms with E-state index in [0.717, 1.165) is 70.6 Å². The lowest BCUT2D eigenvalue weighted by atomic mass is 10.1. The standard InChI is InChI=1S/C42H75O9P/c1-3-5-7-9-11-13-15-17-18-19-20-21-23-25-27-29-31-33-35-48-38-41(39-50-52(46,47)49-37-40(44)36-43)51-42(45)34-32-30-28-26-24-22-16-14-12-10-8-6-4-2/h6,8,11-14,17-18,22,24,40-41,43-44H,3-5,7,9-10,15-16,19-21,23,25-39H2,1-2H3,(H,46,47)/b8-6-,13-11-,14-12-,18-17-,24-22-. The minimum atomic E-state index is -4.53. The van der Waals surface area contributed by atoms with Gasteiger partial charge >= 0.3 is 13.8 Å². The second-order valence-corrected chi connectivity index (χ2v) is 14.7. The van der Waals surface area contributed by atoms with E-state index < -0.39 is 45.8 Å². The van der Waals surface area contributed by atoms with Crippen LogP contribution in [0, 0.1) is 0 Å². The summed E-state index contributed by atoms with van der Waals surface area (Å²) in [6.07, 6.45) is 43.2. The number of aliphatic hydroxyl groups excluding tert-OH is 2. The Morgan fingerprint density at radius 2 is 1.10 bits per heavy atom. The molecule has 0 radical (unpaired) electrons. The third-order valence-corrected chi connectivity index (χ3v) is 9.14. The highest BCUT2D eigenvalue weighted by molar-refractivity contribution is 7.47. The fourth-order valence-corrected chi connectivity index (χ4v) is 5.89. The molecule has 0 aliphatic rings. The van der Waals surface area contributed by atoms with E-state index in [1.165, 1.54) is 57.8 Å². The van der Waals surface area contributed by atoms with Crippen molar-refractivity contribution in [2.75, 3.05) is 33.0 Å². The maximum absolute atomic E-state index is 12.6. The lowest BCUT2D eigenvalue weighted by Crippen LogP contribution is -2.29. The Morgan fingerprint density at radius 3 is 1.65 bits per heavy atom. The van der Waals surface area contributed by atoms with Crippen molar-refractivity contribution in [2.24, 2.45) is 0 Å². The lowest BCUT2D eigenvalue weighted by molar-refractivity contribution is -0.154. The molecule has 0 bridgehead atoms. The molecule has 0 saturated carbocycles. The van der Waals surface area contributed by atoms with Crippen LogP contribution in [0.4, 0.5) is 0 Å². The van der Waals surface area contributed by atoms with Gasteiger partial charge < -0.3 is 24.6 Å². The van der Waals surface area contributed by atoms with Gasteiger partial charge in [-0.3, -0.25) is 13.8 Å². The Kier molecular flexibility index (Phi) is 37.5. The SMILES string of the molecule is CC/C=C\C/C=C\C/C=C\CCCCCC(=O)OC(COCCCCCCCCCC/C=C\C/C=C\CCCCC)COP(=O)(O)OCC(O)CO. The zero-order valence-electron chi connectivity index (χ0n) is 32.8. The highest BCUT2D eigenvalue weighted by atomic mass is 31.2.